The smallest absolute Gasteiger partial charge is 0.228 e. The quantitative estimate of drug-likeness (QED) is 0.643. The Labute approximate surface area is 76.9 Å². The number of aromatic nitrogens is 2. The fraction of sp³-hybridized carbons (Fsp3) is 0.500. The fourth-order valence-corrected chi connectivity index (χ4v) is 1.19. The first-order chi connectivity index (χ1) is 6.19. The summed E-state index contributed by atoms with van der Waals surface area (Å²) in [5, 5.41) is 6.55. The SMILES string of the molecule is CNC(=O)C(CN)c1cnn(C)c1. The predicted octanol–water partition coefficient (Wildman–Crippen LogP) is -0.792. The maximum Gasteiger partial charge on any atom is 0.228 e. The number of hydrogen-bond acceptors (Lipinski definition) is 3. The Balaban J connectivity index is 2.84. The summed E-state index contributed by atoms with van der Waals surface area (Å²) in [6.07, 6.45) is 3.46. The summed E-state index contributed by atoms with van der Waals surface area (Å²) in [6, 6.07) is 0. The number of aryl methyl sites for hydroxylation is 1. The second-order valence-electron chi connectivity index (χ2n) is 2.85. The lowest BCUT2D eigenvalue weighted by Crippen LogP contribution is -2.30. The van der Waals surface area contributed by atoms with E-state index in [0.29, 0.717) is 6.54 Å². The van der Waals surface area contributed by atoms with Crippen molar-refractivity contribution in [1.29, 1.82) is 0 Å². The largest absolute Gasteiger partial charge is 0.359 e. The van der Waals surface area contributed by atoms with E-state index in [-0.39, 0.29) is 11.8 Å². The van der Waals surface area contributed by atoms with Crippen LogP contribution in [0, 0.1) is 0 Å². The van der Waals surface area contributed by atoms with Crippen LogP contribution in [-0.4, -0.2) is 29.3 Å². The molecule has 0 saturated heterocycles. The standard InChI is InChI=1S/C8H14N4O/c1-10-8(13)7(3-9)6-4-11-12(2)5-6/h4-5,7H,3,9H2,1-2H3,(H,10,13). The first kappa shape index (κ1) is 9.73. The molecule has 13 heavy (non-hydrogen) atoms. The summed E-state index contributed by atoms with van der Waals surface area (Å²) in [5.74, 6) is -0.366. The van der Waals surface area contributed by atoms with Crippen molar-refractivity contribution in [3.8, 4) is 0 Å². The summed E-state index contributed by atoms with van der Waals surface area (Å²) < 4.78 is 1.65. The van der Waals surface area contributed by atoms with E-state index in [1.54, 1.807) is 31.2 Å². The highest BCUT2D eigenvalue weighted by Crippen LogP contribution is 2.12. The van der Waals surface area contributed by atoms with Gasteiger partial charge in [0, 0.05) is 32.4 Å². The molecule has 3 N–H and O–H groups in total. The fourth-order valence-electron chi connectivity index (χ4n) is 1.19. The van der Waals surface area contributed by atoms with Gasteiger partial charge in [-0.2, -0.15) is 5.10 Å². The third-order valence-corrected chi connectivity index (χ3v) is 1.93. The molecule has 0 aliphatic carbocycles. The summed E-state index contributed by atoms with van der Waals surface area (Å²) in [6.45, 7) is 0.297. The molecular formula is C8H14N4O. The molecule has 72 valence electrons. The van der Waals surface area contributed by atoms with Crippen molar-refractivity contribution in [3.05, 3.63) is 18.0 Å². The van der Waals surface area contributed by atoms with Crippen LogP contribution in [0.3, 0.4) is 0 Å². The molecule has 0 radical (unpaired) electrons. The van der Waals surface area contributed by atoms with Gasteiger partial charge in [-0.15, -0.1) is 0 Å². The van der Waals surface area contributed by atoms with E-state index in [2.05, 4.69) is 10.4 Å². The van der Waals surface area contributed by atoms with E-state index in [1.807, 2.05) is 0 Å². The first-order valence-electron chi connectivity index (χ1n) is 4.09. The Morgan fingerprint density at radius 2 is 2.54 bits per heavy atom. The molecule has 0 aliphatic rings. The van der Waals surface area contributed by atoms with Gasteiger partial charge < -0.3 is 11.1 Å². The lowest BCUT2D eigenvalue weighted by atomic mass is 10.0. The van der Waals surface area contributed by atoms with E-state index >= 15 is 0 Å². The van der Waals surface area contributed by atoms with Crippen LogP contribution in [-0.2, 0) is 11.8 Å². The molecule has 0 saturated carbocycles. The number of likely N-dealkylation sites (N-methyl/N-ethyl adjacent to an activating group) is 1. The Hall–Kier alpha value is -1.36. The molecule has 0 bridgehead atoms. The van der Waals surface area contributed by atoms with Crippen LogP contribution >= 0.6 is 0 Å². The summed E-state index contributed by atoms with van der Waals surface area (Å²) in [7, 11) is 3.41. The van der Waals surface area contributed by atoms with Crippen LogP contribution in [0.2, 0.25) is 0 Å². The third-order valence-electron chi connectivity index (χ3n) is 1.93. The molecule has 0 fully saturated rings. The van der Waals surface area contributed by atoms with Crippen molar-refractivity contribution < 1.29 is 4.79 Å². The second kappa shape index (κ2) is 4.04. The number of amides is 1. The molecule has 0 spiro atoms. The van der Waals surface area contributed by atoms with Crippen LogP contribution in [0.5, 0.6) is 0 Å². The van der Waals surface area contributed by atoms with Gasteiger partial charge in [-0.05, 0) is 0 Å². The zero-order chi connectivity index (χ0) is 9.84. The average molecular weight is 182 g/mol. The Morgan fingerprint density at radius 3 is 2.92 bits per heavy atom. The minimum absolute atomic E-state index is 0.0736. The van der Waals surface area contributed by atoms with Gasteiger partial charge in [-0.25, -0.2) is 0 Å². The van der Waals surface area contributed by atoms with Crippen LogP contribution in [0.4, 0.5) is 0 Å². The van der Waals surface area contributed by atoms with Gasteiger partial charge in [0.25, 0.3) is 0 Å². The highest BCUT2D eigenvalue weighted by Gasteiger charge is 2.18. The van der Waals surface area contributed by atoms with Crippen molar-refractivity contribution in [2.45, 2.75) is 5.92 Å². The van der Waals surface area contributed by atoms with Gasteiger partial charge in [0.05, 0.1) is 12.1 Å². The molecule has 1 aromatic heterocycles. The molecular weight excluding hydrogens is 168 g/mol. The van der Waals surface area contributed by atoms with Gasteiger partial charge >= 0.3 is 0 Å². The number of carbonyl (C=O) groups excluding carboxylic acids is 1. The van der Waals surface area contributed by atoms with Gasteiger partial charge in [-0.3, -0.25) is 9.48 Å². The number of nitrogens with two attached hydrogens (primary N) is 1. The molecule has 5 heteroatoms. The van der Waals surface area contributed by atoms with Crippen molar-refractivity contribution >= 4 is 5.91 Å². The topological polar surface area (TPSA) is 72.9 Å². The minimum Gasteiger partial charge on any atom is -0.359 e. The van der Waals surface area contributed by atoms with Gasteiger partial charge in [0.2, 0.25) is 5.91 Å². The van der Waals surface area contributed by atoms with Gasteiger partial charge in [0.1, 0.15) is 0 Å². The number of nitrogens with one attached hydrogen (secondary N) is 1. The highest BCUT2D eigenvalue weighted by atomic mass is 16.1. The van der Waals surface area contributed by atoms with Crippen LogP contribution in [0.15, 0.2) is 12.4 Å². The van der Waals surface area contributed by atoms with Crippen molar-refractivity contribution in [3.63, 3.8) is 0 Å². The number of carbonyl (C=O) groups is 1. The van der Waals surface area contributed by atoms with Gasteiger partial charge in [0.15, 0.2) is 0 Å². The molecule has 0 aromatic carbocycles. The van der Waals surface area contributed by atoms with E-state index in [4.69, 9.17) is 5.73 Å². The monoisotopic (exact) mass is 182 g/mol. The molecule has 1 atom stereocenters. The average Bonchev–Trinajstić information content (AvgIpc) is 2.53. The van der Waals surface area contributed by atoms with Crippen molar-refractivity contribution in [1.82, 2.24) is 15.1 Å². The van der Waals surface area contributed by atoms with E-state index in [1.165, 1.54) is 0 Å². The van der Waals surface area contributed by atoms with Crippen molar-refractivity contribution in [2.24, 2.45) is 12.8 Å². The first-order valence-corrected chi connectivity index (χ1v) is 4.09. The molecule has 1 heterocycles. The predicted molar refractivity (Wildman–Crippen MR) is 49.1 cm³/mol. The number of hydrogen-bond donors (Lipinski definition) is 2. The molecule has 1 aromatic rings. The Kier molecular flexibility index (Phi) is 3.02. The van der Waals surface area contributed by atoms with Crippen LogP contribution < -0.4 is 11.1 Å². The molecule has 5 nitrogen and oxygen atoms in total. The van der Waals surface area contributed by atoms with E-state index in [9.17, 15) is 4.79 Å². The summed E-state index contributed by atoms with van der Waals surface area (Å²) >= 11 is 0. The minimum atomic E-state index is -0.293. The molecule has 1 amide bonds. The molecule has 0 aliphatic heterocycles. The maximum absolute atomic E-state index is 11.3. The Morgan fingerprint density at radius 1 is 1.85 bits per heavy atom. The second-order valence-corrected chi connectivity index (χ2v) is 2.85. The van der Waals surface area contributed by atoms with Crippen LogP contribution in [0.25, 0.3) is 0 Å². The molecule has 1 rings (SSSR count). The maximum atomic E-state index is 11.3. The molecule has 1 unspecified atom stereocenters. The van der Waals surface area contributed by atoms with E-state index in [0.717, 1.165) is 5.56 Å². The van der Waals surface area contributed by atoms with E-state index < -0.39 is 0 Å². The third kappa shape index (κ3) is 2.06. The lowest BCUT2D eigenvalue weighted by molar-refractivity contribution is -0.121. The Bertz CT molecular complexity index is 294. The van der Waals surface area contributed by atoms with Crippen LogP contribution in [0.1, 0.15) is 11.5 Å². The number of nitrogens with zero attached hydrogens (tertiary/aromatic N) is 2. The zero-order valence-corrected chi connectivity index (χ0v) is 7.82. The number of rotatable bonds is 3. The summed E-state index contributed by atoms with van der Waals surface area (Å²) in [4.78, 5) is 11.3. The normalized spacial score (nSPS) is 12.5. The van der Waals surface area contributed by atoms with Gasteiger partial charge in [-0.1, -0.05) is 0 Å². The van der Waals surface area contributed by atoms with Crippen molar-refractivity contribution in [2.75, 3.05) is 13.6 Å². The zero-order valence-electron chi connectivity index (χ0n) is 7.82. The highest BCUT2D eigenvalue weighted by molar-refractivity contribution is 5.83. The lowest BCUT2D eigenvalue weighted by Gasteiger charge is -2.09. The summed E-state index contributed by atoms with van der Waals surface area (Å²) in [5.41, 5.74) is 6.34.